The summed E-state index contributed by atoms with van der Waals surface area (Å²) in [5, 5.41) is 0.913. The molecule has 0 aliphatic carbocycles. The van der Waals surface area contributed by atoms with E-state index >= 15 is 0 Å². The Morgan fingerprint density at radius 1 is 1.19 bits per heavy atom. The van der Waals surface area contributed by atoms with Crippen LogP contribution in [0.5, 0.6) is 0 Å². The van der Waals surface area contributed by atoms with Gasteiger partial charge in [-0.05, 0) is 32.3 Å². The Morgan fingerprint density at radius 2 is 1.89 bits per heavy atom. The molecule has 6 nitrogen and oxygen atoms in total. The van der Waals surface area contributed by atoms with Gasteiger partial charge in [0.15, 0.2) is 0 Å². The van der Waals surface area contributed by atoms with Gasteiger partial charge < -0.3 is 9.64 Å². The molecule has 1 aromatic carbocycles. The second-order valence-corrected chi connectivity index (χ2v) is 8.28. The number of nitrogens with zero attached hydrogens (tertiary/aromatic N) is 3. The number of carbonyl (C=O) groups excluding carboxylic acids is 2. The molecule has 0 bridgehead atoms. The maximum absolute atomic E-state index is 12.8. The summed E-state index contributed by atoms with van der Waals surface area (Å²) < 4.78 is 5.35. The van der Waals surface area contributed by atoms with Crippen LogP contribution in [-0.4, -0.2) is 52.5 Å². The van der Waals surface area contributed by atoms with Crippen molar-refractivity contribution in [3.63, 3.8) is 0 Å². The van der Waals surface area contributed by atoms with Crippen LogP contribution >= 0.6 is 11.3 Å². The standard InChI is InChI=1S/C20H23N3O3S/c1-13-18(27-14(2)21-13)19(24)22-10-8-16(9-11-22)23-17(12-26-20(23)25)15-6-4-3-5-7-15/h3-7,16-17H,8-12H2,1-2H3. The Kier molecular flexibility index (Phi) is 4.86. The molecule has 7 heteroatoms. The molecule has 142 valence electrons. The topological polar surface area (TPSA) is 62.7 Å². The van der Waals surface area contributed by atoms with Crippen molar-refractivity contribution in [3.05, 3.63) is 51.5 Å². The average Bonchev–Trinajstić information content (AvgIpc) is 3.23. The largest absolute Gasteiger partial charge is 0.447 e. The smallest absolute Gasteiger partial charge is 0.410 e. The lowest BCUT2D eigenvalue weighted by molar-refractivity contribution is 0.0640. The van der Waals surface area contributed by atoms with Crippen LogP contribution < -0.4 is 0 Å². The first kappa shape index (κ1) is 18.0. The molecule has 2 aliphatic heterocycles. The molecule has 2 aromatic rings. The minimum Gasteiger partial charge on any atom is -0.447 e. The zero-order valence-electron chi connectivity index (χ0n) is 15.6. The van der Waals surface area contributed by atoms with Crippen LogP contribution in [0.3, 0.4) is 0 Å². The average molecular weight is 385 g/mol. The van der Waals surface area contributed by atoms with Crippen molar-refractivity contribution in [2.75, 3.05) is 19.7 Å². The van der Waals surface area contributed by atoms with Crippen LogP contribution in [0.1, 0.15) is 44.8 Å². The number of likely N-dealkylation sites (tertiary alicyclic amines) is 1. The van der Waals surface area contributed by atoms with Gasteiger partial charge in [-0.15, -0.1) is 11.3 Å². The number of amides is 2. The number of thiazole rings is 1. The molecular formula is C20H23N3O3S. The van der Waals surface area contributed by atoms with E-state index in [0.29, 0.717) is 19.7 Å². The van der Waals surface area contributed by atoms with Gasteiger partial charge in [0.05, 0.1) is 16.7 Å². The maximum atomic E-state index is 12.8. The van der Waals surface area contributed by atoms with Gasteiger partial charge in [0, 0.05) is 19.1 Å². The van der Waals surface area contributed by atoms with Gasteiger partial charge in [0.25, 0.3) is 5.91 Å². The van der Waals surface area contributed by atoms with E-state index in [2.05, 4.69) is 4.98 Å². The molecule has 27 heavy (non-hydrogen) atoms. The number of carbonyl (C=O) groups is 2. The molecule has 2 amide bonds. The first-order valence-corrected chi connectivity index (χ1v) is 10.1. The van der Waals surface area contributed by atoms with E-state index in [9.17, 15) is 9.59 Å². The lowest BCUT2D eigenvalue weighted by atomic mass is 9.99. The molecule has 1 atom stereocenters. The van der Waals surface area contributed by atoms with Crippen LogP contribution in [0.15, 0.2) is 30.3 Å². The Morgan fingerprint density at radius 3 is 2.52 bits per heavy atom. The second-order valence-electron chi connectivity index (χ2n) is 7.08. The van der Waals surface area contributed by atoms with Crippen molar-refractivity contribution in [2.24, 2.45) is 0 Å². The third kappa shape index (κ3) is 3.43. The Labute approximate surface area is 162 Å². The molecule has 4 rings (SSSR count). The van der Waals surface area contributed by atoms with Crippen molar-refractivity contribution in [1.29, 1.82) is 0 Å². The third-order valence-electron chi connectivity index (χ3n) is 5.34. The van der Waals surface area contributed by atoms with Gasteiger partial charge in [-0.2, -0.15) is 0 Å². The van der Waals surface area contributed by atoms with Gasteiger partial charge in [-0.1, -0.05) is 30.3 Å². The number of aromatic nitrogens is 1. The molecular weight excluding hydrogens is 362 g/mol. The summed E-state index contributed by atoms with van der Waals surface area (Å²) in [7, 11) is 0. The minimum atomic E-state index is -0.248. The Bertz CT molecular complexity index is 843. The highest BCUT2D eigenvalue weighted by Crippen LogP contribution is 2.33. The van der Waals surface area contributed by atoms with E-state index in [1.165, 1.54) is 11.3 Å². The quantitative estimate of drug-likeness (QED) is 0.810. The number of piperidine rings is 1. The van der Waals surface area contributed by atoms with E-state index in [4.69, 9.17) is 4.74 Å². The summed E-state index contributed by atoms with van der Waals surface area (Å²) in [6, 6.07) is 10.1. The summed E-state index contributed by atoms with van der Waals surface area (Å²) in [5.41, 5.74) is 1.90. The minimum absolute atomic E-state index is 0.0441. The lowest BCUT2D eigenvalue weighted by Crippen LogP contribution is -2.47. The molecule has 1 unspecified atom stereocenters. The molecule has 0 saturated carbocycles. The number of ether oxygens (including phenoxy) is 1. The summed E-state index contributed by atoms with van der Waals surface area (Å²) in [4.78, 5) is 34.0. The van der Waals surface area contributed by atoms with Crippen molar-refractivity contribution in [2.45, 2.75) is 38.8 Å². The number of benzene rings is 1. The number of cyclic esters (lactones) is 1. The highest BCUT2D eigenvalue weighted by molar-refractivity contribution is 7.13. The van der Waals surface area contributed by atoms with E-state index < -0.39 is 0 Å². The van der Waals surface area contributed by atoms with Gasteiger partial charge in [-0.3, -0.25) is 9.69 Å². The van der Waals surface area contributed by atoms with Crippen LogP contribution in [0.25, 0.3) is 0 Å². The van der Waals surface area contributed by atoms with Crippen LogP contribution in [0.4, 0.5) is 4.79 Å². The highest BCUT2D eigenvalue weighted by Gasteiger charge is 2.40. The predicted molar refractivity (Wildman–Crippen MR) is 103 cm³/mol. The first-order chi connectivity index (χ1) is 13.0. The number of hydrogen-bond donors (Lipinski definition) is 0. The SMILES string of the molecule is Cc1nc(C)c(C(=O)N2CCC(N3C(=O)OCC3c3ccccc3)CC2)s1. The summed E-state index contributed by atoms with van der Waals surface area (Å²) >= 11 is 1.45. The molecule has 1 aromatic heterocycles. The normalized spacial score (nSPS) is 20.8. The van der Waals surface area contributed by atoms with Crippen LogP contribution in [0.2, 0.25) is 0 Å². The molecule has 0 spiro atoms. The zero-order chi connectivity index (χ0) is 19.0. The number of rotatable bonds is 3. The van der Waals surface area contributed by atoms with Crippen LogP contribution in [-0.2, 0) is 4.74 Å². The molecule has 2 fully saturated rings. The Hall–Kier alpha value is -2.41. The molecule has 2 saturated heterocycles. The van der Waals surface area contributed by atoms with Gasteiger partial charge in [0.1, 0.15) is 11.5 Å². The van der Waals surface area contributed by atoms with Crippen LogP contribution in [0, 0.1) is 13.8 Å². The van der Waals surface area contributed by atoms with E-state index in [-0.39, 0.29) is 24.1 Å². The fourth-order valence-corrected chi connectivity index (χ4v) is 4.88. The van der Waals surface area contributed by atoms with Crippen molar-refractivity contribution in [1.82, 2.24) is 14.8 Å². The van der Waals surface area contributed by atoms with Crippen molar-refractivity contribution >= 4 is 23.3 Å². The zero-order valence-corrected chi connectivity index (χ0v) is 16.4. The van der Waals surface area contributed by atoms with E-state index in [1.54, 1.807) is 0 Å². The third-order valence-corrected chi connectivity index (χ3v) is 6.40. The second kappa shape index (κ2) is 7.31. The lowest BCUT2D eigenvalue weighted by Gasteiger charge is -2.37. The highest BCUT2D eigenvalue weighted by atomic mass is 32.1. The van der Waals surface area contributed by atoms with Gasteiger partial charge >= 0.3 is 6.09 Å². The fourth-order valence-electron chi connectivity index (χ4n) is 3.99. The Balaban J connectivity index is 1.44. The predicted octanol–water partition coefficient (Wildman–Crippen LogP) is 3.56. The fraction of sp³-hybridized carbons (Fsp3) is 0.450. The maximum Gasteiger partial charge on any atom is 0.410 e. The van der Waals surface area contributed by atoms with Gasteiger partial charge in [0.2, 0.25) is 0 Å². The molecule has 3 heterocycles. The van der Waals surface area contributed by atoms with Crippen molar-refractivity contribution in [3.8, 4) is 0 Å². The van der Waals surface area contributed by atoms with E-state index in [1.807, 2.05) is 54.0 Å². The summed E-state index contributed by atoms with van der Waals surface area (Å²) in [6.45, 7) is 5.48. The molecule has 2 aliphatic rings. The van der Waals surface area contributed by atoms with Gasteiger partial charge in [-0.25, -0.2) is 9.78 Å². The first-order valence-electron chi connectivity index (χ1n) is 9.28. The van der Waals surface area contributed by atoms with E-state index in [0.717, 1.165) is 34.0 Å². The molecule has 0 N–H and O–H groups in total. The van der Waals surface area contributed by atoms with Crippen molar-refractivity contribution < 1.29 is 14.3 Å². The number of hydrogen-bond acceptors (Lipinski definition) is 5. The monoisotopic (exact) mass is 385 g/mol. The number of aryl methyl sites for hydroxylation is 2. The molecule has 0 radical (unpaired) electrons. The summed E-state index contributed by atoms with van der Waals surface area (Å²) in [6.07, 6.45) is 1.28. The summed E-state index contributed by atoms with van der Waals surface area (Å²) in [5.74, 6) is 0.0557.